The molecule has 2 rings (SSSR count). The second kappa shape index (κ2) is 6.78. The lowest BCUT2D eigenvalue weighted by Gasteiger charge is -2.22. The van der Waals surface area contributed by atoms with Crippen LogP contribution in [0.5, 0.6) is 0 Å². The second-order valence-corrected chi connectivity index (χ2v) is 7.53. The molecule has 0 heterocycles. The number of halogens is 2. The number of carboxylic acids is 1. The first kappa shape index (κ1) is 17.6. The molecule has 122 valence electrons. The van der Waals surface area contributed by atoms with E-state index in [9.17, 15) is 13.2 Å². The molecule has 0 fully saturated rings. The predicted octanol–water partition coefficient (Wildman–Crippen LogP) is 3.45. The smallest absolute Gasteiger partial charge is 0.307 e. The van der Waals surface area contributed by atoms with E-state index in [2.05, 4.69) is 0 Å². The SMILES string of the molecule is CN(c1ccccc1CC(=O)O)S(=O)(=O)c1ccc(Cl)c(Cl)c1. The van der Waals surface area contributed by atoms with Gasteiger partial charge >= 0.3 is 5.97 Å². The lowest BCUT2D eigenvalue weighted by atomic mass is 10.1. The fourth-order valence-electron chi connectivity index (χ4n) is 2.06. The van der Waals surface area contributed by atoms with Crippen molar-refractivity contribution in [2.75, 3.05) is 11.4 Å². The van der Waals surface area contributed by atoms with Gasteiger partial charge in [-0.1, -0.05) is 41.4 Å². The zero-order valence-electron chi connectivity index (χ0n) is 12.0. The van der Waals surface area contributed by atoms with E-state index in [0.717, 1.165) is 4.31 Å². The topological polar surface area (TPSA) is 74.7 Å². The molecule has 0 spiro atoms. The summed E-state index contributed by atoms with van der Waals surface area (Å²) in [7, 11) is -2.53. The third-order valence-corrected chi connectivity index (χ3v) is 5.73. The summed E-state index contributed by atoms with van der Waals surface area (Å²) < 4.78 is 26.5. The third kappa shape index (κ3) is 3.77. The van der Waals surface area contributed by atoms with Crippen molar-refractivity contribution >= 4 is 44.9 Å². The van der Waals surface area contributed by atoms with Crippen molar-refractivity contribution in [1.82, 2.24) is 0 Å². The molecule has 0 amide bonds. The molecule has 23 heavy (non-hydrogen) atoms. The molecule has 0 bridgehead atoms. The van der Waals surface area contributed by atoms with E-state index in [1.54, 1.807) is 24.3 Å². The molecule has 0 unspecified atom stereocenters. The van der Waals surface area contributed by atoms with Gasteiger partial charge in [0.2, 0.25) is 0 Å². The summed E-state index contributed by atoms with van der Waals surface area (Å²) in [5.74, 6) is -1.04. The van der Waals surface area contributed by atoms with Crippen LogP contribution in [0.15, 0.2) is 47.4 Å². The van der Waals surface area contributed by atoms with Crippen molar-refractivity contribution in [2.24, 2.45) is 0 Å². The fraction of sp³-hybridized carbons (Fsp3) is 0.133. The molecule has 0 aliphatic rings. The maximum absolute atomic E-state index is 12.7. The van der Waals surface area contributed by atoms with Crippen molar-refractivity contribution in [3.63, 3.8) is 0 Å². The van der Waals surface area contributed by atoms with Crippen LogP contribution in [-0.4, -0.2) is 26.5 Å². The highest BCUT2D eigenvalue weighted by Crippen LogP contribution is 2.29. The van der Waals surface area contributed by atoms with Gasteiger partial charge in [-0.25, -0.2) is 8.42 Å². The normalized spacial score (nSPS) is 11.3. The number of rotatable bonds is 5. The number of benzene rings is 2. The quantitative estimate of drug-likeness (QED) is 0.870. The van der Waals surface area contributed by atoms with Crippen LogP contribution in [0.1, 0.15) is 5.56 Å². The molecule has 2 aromatic carbocycles. The highest BCUT2D eigenvalue weighted by atomic mass is 35.5. The monoisotopic (exact) mass is 373 g/mol. The Morgan fingerprint density at radius 2 is 1.78 bits per heavy atom. The summed E-state index contributed by atoms with van der Waals surface area (Å²) in [5, 5.41) is 9.33. The Labute approximate surface area is 144 Å². The van der Waals surface area contributed by atoms with Gasteiger partial charge in [-0.3, -0.25) is 9.10 Å². The van der Waals surface area contributed by atoms with E-state index < -0.39 is 16.0 Å². The molecule has 1 N–H and O–H groups in total. The molecule has 0 saturated carbocycles. The minimum atomic E-state index is -3.89. The summed E-state index contributed by atoms with van der Waals surface area (Å²) in [6.45, 7) is 0. The minimum Gasteiger partial charge on any atom is -0.481 e. The number of para-hydroxylation sites is 1. The Kier molecular flexibility index (Phi) is 5.19. The van der Waals surface area contributed by atoms with Crippen molar-refractivity contribution in [2.45, 2.75) is 11.3 Å². The number of anilines is 1. The van der Waals surface area contributed by atoms with E-state index in [4.69, 9.17) is 28.3 Å². The van der Waals surface area contributed by atoms with Crippen LogP contribution >= 0.6 is 23.2 Å². The average molecular weight is 374 g/mol. The molecule has 0 aliphatic carbocycles. The van der Waals surface area contributed by atoms with E-state index in [-0.39, 0.29) is 21.4 Å². The zero-order chi connectivity index (χ0) is 17.2. The van der Waals surface area contributed by atoms with Gasteiger partial charge in [0.25, 0.3) is 10.0 Å². The Morgan fingerprint density at radius 3 is 2.39 bits per heavy atom. The summed E-state index contributed by atoms with van der Waals surface area (Å²) in [6.07, 6.45) is -0.280. The minimum absolute atomic E-state index is 0.0282. The maximum atomic E-state index is 12.7. The predicted molar refractivity (Wildman–Crippen MR) is 89.8 cm³/mol. The Hall–Kier alpha value is -1.76. The standard InChI is InChI=1S/C15H13Cl2NO4S/c1-18(14-5-3-2-4-10(14)8-15(19)20)23(21,22)11-6-7-12(16)13(17)9-11/h2-7,9H,8H2,1H3,(H,19,20). The van der Waals surface area contributed by atoms with E-state index in [1.807, 2.05) is 0 Å². The first-order valence-corrected chi connectivity index (χ1v) is 8.67. The van der Waals surface area contributed by atoms with E-state index in [0.29, 0.717) is 11.3 Å². The molecule has 5 nitrogen and oxygen atoms in total. The Balaban J connectivity index is 2.48. The summed E-state index contributed by atoms with van der Waals surface area (Å²) in [5.41, 5.74) is 0.687. The molecule has 0 atom stereocenters. The third-order valence-electron chi connectivity index (χ3n) is 3.22. The molecule has 0 aromatic heterocycles. The first-order valence-electron chi connectivity index (χ1n) is 6.47. The summed E-state index contributed by atoms with van der Waals surface area (Å²) in [6, 6.07) is 10.4. The Bertz CT molecular complexity index is 852. The van der Waals surface area contributed by atoms with Crippen LogP contribution in [0, 0.1) is 0 Å². The molecule has 0 aliphatic heterocycles. The van der Waals surface area contributed by atoms with Crippen LogP contribution in [0.25, 0.3) is 0 Å². The number of hydrogen-bond donors (Lipinski definition) is 1. The lowest BCUT2D eigenvalue weighted by molar-refractivity contribution is -0.136. The molecular weight excluding hydrogens is 361 g/mol. The molecular formula is C15H13Cl2NO4S. The lowest BCUT2D eigenvalue weighted by Crippen LogP contribution is -2.27. The number of sulfonamides is 1. The van der Waals surface area contributed by atoms with Gasteiger partial charge in [-0.15, -0.1) is 0 Å². The van der Waals surface area contributed by atoms with Crippen molar-refractivity contribution in [3.05, 3.63) is 58.1 Å². The Morgan fingerprint density at radius 1 is 1.13 bits per heavy atom. The molecule has 2 aromatic rings. The van der Waals surface area contributed by atoms with Crippen molar-refractivity contribution in [3.8, 4) is 0 Å². The fourth-order valence-corrected chi connectivity index (χ4v) is 3.68. The van der Waals surface area contributed by atoms with Gasteiger partial charge in [0.05, 0.1) is 27.0 Å². The number of aliphatic carboxylic acids is 1. The average Bonchev–Trinajstić information content (AvgIpc) is 2.49. The van der Waals surface area contributed by atoms with Gasteiger partial charge in [0, 0.05) is 7.05 Å². The zero-order valence-corrected chi connectivity index (χ0v) is 14.4. The number of carboxylic acid groups (broad SMARTS) is 1. The van der Waals surface area contributed by atoms with E-state index in [1.165, 1.54) is 25.2 Å². The molecule has 8 heteroatoms. The number of carbonyl (C=O) groups is 1. The molecule has 0 saturated heterocycles. The van der Waals surface area contributed by atoms with Crippen LogP contribution in [0.2, 0.25) is 10.0 Å². The van der Waals surface area contributed by atoms with Crippen LogP contribution < -0.4 is 4.31 Å². The van der Waals surface area contributed by atoms with Crippen molar-refractivity contribution < 1.29 is 18.3 Å². The number of hydrogen-bond acceptors (Lipinski definition) is 3. The summed E-state index contributed by atoms with van der Waals surface area (Å²) in [4.78, 5) is 10.9. The van der Waals surface area contributed by atoms with Crippen LogP contribution in [-0.2, 0) is 21.2 Å². The number of nitrogens with zero attached hydrogens (tertiary/aromatic N) is 1. The maximum Gasteiger partial charge on any atom is 0.307 e. The van der Waals surface area contributed by atoms with Gasteiger partial charge < -0.3 is 5.11 Å². The highest BCUT2D eigenvalue weighted by molar-refractivity contribution is 7.92. The van der Waals surface area contributed by atoms with Crippen molar-refractivity contribution in [1.29, 1.82) is 0 Å². The van der Waals surface area contributed by atoms with Gasteiger partial charge in [-0.2, -0.15) is 0 Å². The molecule has 0 radical (unpaired) electrons. The van der Waals surface area contributed by atoms with Gasteiger partial charge in [0.15, 0.2) is 0 Å². The van der Waals surface area contributed by atoms with Crippen LogP contribution in [0.4, 0.5) is 5.69 Å². The van der Waals surface area contributed by atoms with Crippen LogP contribution in [0.3, 0.4) is 0 Å². The van der Waals surface area contributed by atoms with Gasteiger partial charge in [0.1, 0.15) is 0 Å². The highest BCUT2D eigenvalue weighted by Gasteiger charge is 2.24. The van der Waals surface area contributed by atoms with E-state index >= 15 is 0 Å². The second-order valence-electron chi connectivity index (χ2n) is 4.75. The first-order chi connectivity index (χ1) is 10.7. The largest absolute Gasteiger partial charge is 0.481 e. The van der Waals surface area contributed by atoms with Gasteiger partial charge in [-0.05, 0) is 29.8 Å². The summed E-state index contributed by atoms with van der Waals surface area (Å²) >= 11 is 11.7.